The molecule has 2 N–H and O–H groups in total. The molecule has 1 saturated carbocycles. The van der Waals surface area contributed by atoms with Crippen LogP contribution >= 0.6 is 0 Å². The molecule has 0 aromatic rings. The molecule has 0 heterocycles. The minimum Gasteiger partial charge on any atom is -0.273 e. The maximum absolute atomic E-state index is 11.8. The molecule has 0 radical (unpaired) electrons. The lowest BCUT2D eigenvalue weighted by Crippen LogP contribution is -2.46. The Morgan fingerprint density at radius 3 is 2.12 bits per heavy atom. The van der Waals surface area contributed by atoms with Gasteiger partial charge in [0.1, 0.15) is 0 Å². The van der Waals surface area contributed by atoms with E-state index in [-0.39, 0.29) is 23.7 Å². The second-order valence-corrected chi connectivity index (χ2v) is 4.94. The van der Waals surface area contributed by atoms with Crippen molar-refractivity contribution in [2.45, 2.75) is 44.9 Å². The number of rotatable bonds is 2. The van der Waals surface area contributed by atoms with E-state index in [2.05, 4.69) is 16.9 Å². The van der Waals surface area contributed by atoms with Crippen molar-refractivity contribution in [3.05, 3.63) is 12.2 Å². The molecule has 0 spiro atoms. The largest absolute Gasteiger partial charge is 0.273 e. The Hall–Kier alpha value is -1.32. The van der Waals surface area contributed by atoms with Crippen molar-refractivity contribution in [1.82, 2.24) is 10.9 Å². The molecule has 2 amide bonds. The summed E-state index contributed by atoms with van der Waals surface area (Å²) >= 11 is 0. The topological polar surface area (TPSA) is 58.2 Å². The first-order valence-electron chi connectivity index (χ1n) is 6.52. The van der Waals surface area contributed by atoms with Gasteiger partial charge in [-0.3, -0.25) is 20.4 Å². The molecule has 1 fully saturated rings. The first-order chi connectivity index (χ1) is 8.27. The van der Waals surface area contributed by atoms with E-state index in [4.69, 9.17) is 0 Å². The summed E-state index contributed by atoms with van der Waals surface area (Å²) in [5, 5.41) is 0. The lowest BCUT2D eigenvalue weighted by atomic mass is 9.94. The normalized spacial score (nSPS) is 24.6. The molecular weight excluding hydrogens is 216 g/mol. The van der Waals surface area contributed by atoms with Crippen molar-refractivity contribution in [3.63, 3.8) is 0 Å². The molecule has 0 unspecified atom stereocenters. The molecule has 0 aromatic heterocycles. The van der Waals surface area contributed by atoms with E-state index in [0.717, 1.165) is 44.9 Å². The smallest absolute Gasteiger partial charge is 0.241 e. The molecule has 2 aliphatic carbocycles. The third kappa shape index (κ3) is 3.32. The Labute approximate surface area is 102 Å². The Morgan fingerprint density at radius 2 is 1.53 bits per heavy atom. The Bertz CT molecular complexity index is 319. The highest BCUT2D eigenvalue weighted by atomic mass is 16.2. The number of hydrogen-bond acceptors (Lipinski definition) is 2. The second-order valence-electron chi connectivity index (χ2n) is 4.94. The molecule has 0 aromatic carbocycles. The quantitative estimate of drug-likeness (QED) is 0.566. The maximum Gasteiger partial charge on any atom is 0.241 e. The van der Waals surface area contributed by atoms with Gasteiger partial charge in [0.2, 0.25) is 11.8 Å². The van der Waals surface area contributed by atoms with Gasteiger partial charge in [0, 0.05) is 11.8 Å². The molecular formula is C13H20N2O2. The number of hydrogen-bond donors (Lipinski definition) is 2. The average molecular weight is 236 g/mol. The molecule has 0 saturated heterocycles. The zero-order valence-corrected chi connectivity index (χ0v) is 10.1. The van der Waals surface area contributed by atoms with Crippen LogP contribution in [0.2, 0.25) is 0 Å². The summed E-state index contributed by atoms with van der Waals surface area (Å²) in [6, 6.07) is 0. The first-order valence-corrected chi connectivity index (χ1v) is 6.52. The van der Waals surface area contributed by atoms with E-state index >= 15 is 0 Å². The summed E-state index contributed by atoms with van der Waals surface area (Å²) < 4.78 is 0. The predicted octanol–water partition coefficient (Wildman–Crippen LogP) is 1.68. The van der Waals surface area contributed by atoms with Gasteiger partial charge in [-0.15, -0.1) is 0 Å². The molecule has 4 heteroatoms. The molecule has 0 bridgehead atoms. The molecule has 4 nitrogen and oxygen atoms in total. The summed E-state index contributed by atoms with van der Waals surface area (Å²) in [7, 11) is 0. The van der Waals surface area contributed by atoms with Crippen molar-refractivity contribution < 1.29 is 9.59 Å². The van der Waals surface area contributed by atoms with Crippen molar-refractivity contribution in [3.8, 4) is 0 Å². The lowest BCUT2D eigenvalue weighted by Gasteiger charge is -2.18. The van der Waals surface area contributed by atoms with Gasteiger partial charge in [-0.25, -0.2) is 0 Å². The third-order valence-corrected chi connectivity index (χ3v) is 3.67. The highest BCUT2D eigenvalue weighted by Gasteiger charge is 2.24. The Kier molecular flexibility index (Phi) is 4.18. The van der Waals surface area contributed by atoms with Crippen LogP contribution in [-0.2, 0) is 9.59 Å². The van der Waals surface area contributed by atoms with Gasteiger partial charge in [-0.2, -0.15) is 0 Å². The fourth-order valence-electron chi connectivity index (χ4n) is 2.55. The molecule has 17 heavy (non-hydrogen) atoms. The predicted molar refractivity (Wildman–Crippen MR) is 64.7 cm³/mol. The van der Waals surface area contributed by atoms with Crippen LogP contribution in [0.1, 0.15) is 44.9 Å². The number of carbonyl (C=O) groups is 2. The number of hydrazine groups is 1. The maximum atomic E-state index is 11.8. The van der Waals surface area contributed by atoms with Crippen molar-refractivity contribution in [1.29, 1.82) is 0 Å². The van der Waals surface area contributed by atoms with Crippen LogP contribution < -0.4 is 10.9 Å². The van der Waals surface area contributed by atoms with Crippen LogP contribution in [0.3, 0.4) is 0 Å². The van der Waals surface area contributed by atoms with Gasteiger partial charge in [-0.05, 0) is 32.1 Å². The first kappa shape index (κ1) is 12.1. The summed E-state index contributed by atoms with van der Waals surface area (Å²) in [6.45, 7) is 0. The minimum absolute atomic E-state index is 0.0175. The SMILES string of the molecule is O=C(NNC(=O)[C@H]1CC=CCC1)C1CCCC1. The van der Waals surface area contributed by atoms with Crippen molar-refractivity contribution >= 4 is 11.8 Å². The summed E-state index contributed by atoms with van der Waals surface area (Å²) in [4.78, 5) is 23.5. The number of allylic oxidation sites excluding steroid dienone is 2. The van der Waals surface area contributed by atoms with Crippen LogP contribution in [0.5, 0.6) is 0 Å². The van der Waals surface area contributed by atoms with E-state index in [0.29, 0.717) is 0 Å². The molecule has 2 aliphatic rings. The minimum atomic E-state index is -0.0549. The Balaban J connectivity index is 1.71. The van der Waals surface area contributed by atoms with E-state index < -0.39 is 0 Å². The summed E-state index contributed by atoms with van der Waals surface area (Å²) in [5.74, 6) is 0.0355. The van der Waals surface area contributed by atoms with Crippen LogP contribution in [0, 0.1) is 11.8 Å². The van der Waals surface area contributed by atoms with Crippen LogP contribution in [0.15, 0.2) is 12.2 Å². The lowest BCUT2D eigenvalue weighted by molar-refractivity contribution is -0.133. The third-order valence-electron chi connectivity index (χ3n) is 3.67. The highest BCUT2D eigenvalue weighted by molar-refractivity contribution is 5.84. The fraction of sp³-hybridized carbons (Fsp3) is 0.692. The monoisotopic (exact) mass is 236 g/mol. The number of amides is 2. The number of nitrogens with one attached hydrogen (secondary N) is 2. The zero-order valence-electron chi connectivity index (χ0n) is 10.1. The Morgan fingerprint density at radius 1 is 0.882 bits per heavy atom. The number of carbonyl (C=O) groups excluding carboxylic acids is 2. The van der Waals surface area contributed by atoms with Crippen LogP contribution in [-0.4, -0.2) is 11.8 Å². The second kappa shape index (κ2) is 5.84. The van der Waals surface area contributed by atoms with E-state index in [1.165, 1.54) is 0 Å². The van der Waals surface area contributed by atoms with E-state index in [1.54, 1.807) is 0 Å². The highest BCUT2D eigenvalue weighted by Crippen LogP contribution is 2.24. The summed E-state index contributed by atoms with van der Waals surface area (Å²) in [5.41, 5.74) is 5.12. The van der Waals surface area contributed by atoms with Gasteiger partial charge in [0.15, 0.2) is 0 Å². The molecule has 2 rings (SSSR count). The van der Waals surface area contributed by atoms with Gasteiger partial charge in [0.25, 0.3) is 0 Å². The molecule has 0 aliphatic heterocycles. The summed E-state index contributed by atoms with van der Waals surface area (Å²) in [6.07, 6.45) is 10.9. The van der Waals surface area contributed by atoms with Gasteiger partial charge >= 0.3 is 0 Å². The van der Waals surface area contributed by atoms with Crippen molar-refractivity contribution in [2.24, 2.45) is 11.8 Å². The fourth-order valence-corrected chi connectivity index (χ4v) is 2.55. The van der Waals surface area contributed by atoms with Crippen LogP contribution in [0.25, 0.3) is 0 Å². The average Bonchev–Trinajstić information content (AvgIpc) is 2.90. The van der Waals surface area contributed by atoms with Gasteiger partial charge in [-0.1, -0.05) is 25.0 Å². The zero-order chi connectivity index (χ0) is 12.1. The van der Waals surface area contributed by atoms with Crippen LogP contribution in [0.4, 0.5) is 0 Å². The standard InChI is InChI=1S/C13H20N2O2/c16-12(10-6-2-1-3-7-10)14-15-13(17)11-8-4-5-9-11/h1-2,10-11H,3-9H2,(H,14,16)(H,15,17)/t10-/m0/s1. The van der Waals surface area contributed by atoms with Gasteiger partial charge < -0.3 is 0 Å². The van der Waals surface area contributed by atoms with Crippen molar-refractivity contribution in [2.75, 3.05) is 0 Å². The molecule has 1 atom stereocenters. The van der Waals surface area contributed by atoms with E-state index in [9.17, 15) is 9.59 Å². The van der Waals surface area contributed by atoms with Gasteiger partial charge in [0.05, 0.1) is 0 Å². The van der Waals surface area contributed by atoms with E-state index in [1.807, 2.05) is 6.08 Å². The molecule has 94 valence electrons.